The summed E-state index contributed by atoms with van der Waals surface area (Å²) in [5, 5.41) is 27.2. The number of carbonyl (C=O) groups is 2. The fraction of sp³-hybridized carbons (Fsp3) is 0.667. The number of hydrogen-bond donors (Lipinski definition) is 3. The number of aliphatic hydroxyl groups is 2. The van der Waals surface area contributed by atoms with Gasteiger partial charge < -0.3 is 34.4 Å². The average Bonchev–Trinajstić information content (AvgIpc) is 3.11. The number of carbonyl (C=O) groups excluding carboxylic acids is 1. The number of aliphatic carboxylic acids is 1. The fourth-order valence-corrected chi connectivity index (χ4v) is 4.25. The number of carboxylic acids is 1. The summed E-state index contributed by atoms with van der Waals surface area (Å²) in [5.74, 6) is 0.0718. The minimum atomic E-state index is -0.833. The van der Waals surface area contributed by atoms with E-state index in [9.17, 15) is 15.0 Å². The third-order valence-electron chi connectivity index (χ3n) is 6.86. The van der Waals surface area contributed by atoms with Gasteiger partial charge >= 0.3 is 0 Å². The summed E-state index contributed by atoms with van der Waals surface area (Å²) in [6, 6.07) is 5.80. The highest BCUT2D eigenvalue weighted by atomic mass is 16.5. The molecule has 3 N–H and O–H groups in total. The predicted octanol–water partition coefficient (Wildman–Crippen LogP) is 1.90. The van der Waals surface area contributed by atoms with Crippen LogP contribution >= 0.6 is 0 Å². The molecule has 0 bridgehead atoms. The molecule has 1 amide bonds. The quantitative estimate of drug-likeness (QED) is 0.529. The van der Waals surface area contributed by atoms with Gasteiger partial charge in [0.1, 0.15) is 6.61 Å². The zero-order valence-electron chi connectivity index (χ0n) is 20.2. The molecule has 3 rings (SSSR count). The van der Waals surface area contributed by atoms with Crippen LogP contribution in [0.25, 0.3) is 0 Å². The number of nitrogens with zero attached hydrogens (tertiary/aromatic N) is 1. The van der Waals surface area contributed by atoms with E-state index in [4.69, 9.17) is 24.1 Å². The average molecular weight is 468 g/mol. The maximum Gasteiger partial charge on any atom is 0.300 e. The molecule has 33 heavy (non-hydrogen) atoms. The van der Waals surface area contributed by atoms with E-state index in [1.807, 2.05) is 25.1 Å². The molecule has 9 nitrogen and oxygen atoms in total. The molecule has 2 unspecified atom stereocenters. The van der Waals surface area contributed by atoms with Crippen molar-refractivity contribution in [3.8, 4) is 11.5 Å². The Morgan fingerprint density at radius 1 is 1.30 bits per heavy atom. The van der Waals surface area contributed by atoms with Crippen molar-refractivity contribution in [1.29, 1.82) is 0 Å². The molecule has 0 aliphatic carbocycles. The smallest absolute Gasteiger partial charge is 0.300 e. The Morgan fingerprint density at radius 2 is 1.94 bits per heavy atom. The van der Waals surface area contributed by atoms with Crippen molar-refractivity contribution in [2.75, 3.05) is 46.6 Å². The van der Waals surface area contributed by atoms with Crippen LogP contribution in [-0.2, 0) is 14.3 Å². The van der Waals surface area contributed by atoms with E-state index in [1.165, 1.54) is 0 Å². The van der Waals surface area contributed by atoms with E-state index in [2.05, 4.69) is 6.92 Å². The van der Waals surface area contributed by atoms with Gasteiger partial charge in [-0.3, -0.25) is 9.59 Å². The molecule has 9 heteroatoms. The van der Waals surface area contributed by atoms with Gasteiger partial charge in [-0.15, -0.1) is 0 Å². The van der Waals surface area contributed by atoms with Crippen LogP contribution in [0.3, 0.4) is 0 Å². The lowest BCUT2D eigenvalue weighted by molar-refractivity contribution is -0.135. The SMILES string of the molecule is CC(=O)O.CCC1(COc2cc(C3CN(C(=O)CO)C[C@]3(C)C(C)O)ccc2OC)COC1. The van der Waals surface area contributed by atoms with E-state index >= 15 is 0 Å². The maximum absolute atomic E-state index is 12.1. The van der Waals surface area contributed by atoms with Crippen LogP contribution in [0, 0.1) is 10.8 Å². The second-order valence-corrected chi connectivity index (χ2v) is 9.23. The van der Waals surface area contributed by atoms with Gasteiger partial charge in [-0.25, -0.2) is 0 Å². The molecule has 1 aromatic carbocycles. The number of carboxylic acid groups (broad SMARTS) is 1. The molecule has 2 heterocycles. The maximum atomic E-state index is 12.1. The van der Waals surface area contributed by atoms with Gasteiger partial charge in [-0.1, -0.05) is 19.9 Å². The fourth-order valence-electron chi connectivity index (χ4n) is 4.25. The Hall–Kier alpha value is -2.36. The molecular weight excluding hydrogens is 430 g/mol. The van der Waals surface area contributed by atoms with Crippen LogP contribution in [-0.4, -0.2) is 84.8 Å². The first kappa shape index (κ1) is 26.9. The van der Waals surface area contributed by atoms with Crippen LogP contribution in [0.2, 0.25) is 0 Å². The largest absolute Gasteiger partial charge is 0.493 e. The Kier molecular flexibility index (Phi) is 9.11. The van der Waals surface area contributed by atoms with Crippen molar-refractivity contribution in [2.24, 2.45) is 10.8 Å². The van der Waals surface area contributed by atoms with Crippen LogP contribution in [0.5, 0.6) is 11.5 Å². The Labute approximate surface area is 195 Å². The lowest BCUT2D eigenvalue weighted by Gasteiger charge is -2.40. The molecule has 0 spiro atoms. The van der Waals surface area contributed by atoms with E-state index in [0.29, 0.717) is 44.4 Å². The minimum Gasteiger partial charge on any atom is -0.493 e. The Balaban J connectivity index is 0.000000890. The van der Waals surface area contributed by atoms with Crippen LogP contribution < -0.4 is 9.47 Å². The summed E-state index contributed by atoms with van der Waals surface area (Å²) in [6.07, 6.45) is 0.363. The van der Waals surface area contributed by atoms with Gasteiger partial charge in [-0.2, -0.15) is 0 Å². The van der Waals surface area contributed by atoms with E-state index in [-0.39, 0.29) is 17.2 Å². The van der Waals surface area contributed by atoms with Crippen molar-refractivity contribution >= 4 is 11.9 Å². The summed E-state index contributed by atoms with van der Waals surface area (Å²) in [4.78, 5) is 22.7. The minimum absolute atomic E-state index is 0.0485. The number of methoxy groups -OCH3 is 1. The first-order valence-corrected chi connectivity index (χ1v) is 11.2. The summed E-state index contributed by atoms with van der Waals surface area (Å²) in [6.45, 7) is 9.22. The van der Waals surface area contributed by atoms with Gasteiger partial charge in [0.25, 0.3) is 5.97 Å². The third-order valence-corrected chi connectivity index (χ3v) is 6.86. The summed E-state index contributed by atoms with van der Waals surface area (Å²) >= 11 is 0. The van der Waals surface area contributed by atoms with Gasteiger partial charge in [0.2, 0.25) is 5.91 Å². The highest BCUT2D eigenvalue weighted by molar-refractivity contribution is 5.77. The van der Waals surface area contributed by atoms with Gasteiger partial charge in [-0.05, 0) is 31.0 Å². The van der Waals surface area contributed by atoms with E-state index < -0.39 is 24.1 Å². The Morgan fingerprint density at radius 3 is 2.39 bits per heavy atom. The lowest BCUT2D eigenvalue weighted by Crippen LogP contribution is -2.46. The number of rotatable bonds is 8. The standard InChI is InChI=1S/C22H33NO6.C2H4O2/c1-5-22(12-28-13-22)14-29-19-8-16(6-7-18(19)27-4)17-9-23(20(26)10-24)11-21(17,3)15(2)25;1-2(3)4/h6-8,15,17,24-25H,5,9-14H2,1-4H3;1H3,(H,3,4)/t15?,17?,21-;/m1./s1. The van der Waals surface area contributed by atoms with E-state index in [0.717, 1.165) is 18.9 Å². The molecule has 1 aromatic rings. The van der Waals surface area contributed by atoms with Crippen LogP contribution in [0.4, 0.5) is 0 Å². The zero-order chi connectivity index (χ0) is 24.8. The topological polar surface area (TPSA) is 126 Å². The molecule has 2 fully saturated rings. The van der Waals surface area contributed by atoms with Crippen molar-refractivity contribution in [3.63, 3.8) is 0 Å². The molecule has 2 saturated heterocycles. The van der Waals surface area contributed by atoms with Gasteiger partial charge in [0.05, 0.1) is 38.4 Å². The first-order valence-electron chi connectivity index (χ1n) is 11.2. The second kappa shape index (κ2) is 11.2. The van der Waals surface area contributed by atoms with E-state index in [1.54, 1.807) is 18.9 Å². The highest BCUT2D eigenvalue weighted by Gasteiger charge is 2.48. The van der Waals surface area contributed by atoms with Gasteiger partial charge in [0.15, 0.2) is 11.5 Å². The Bertz CT molecular complexity index is 813. The van der Waals surface area contributed by atoms with Crippen molar-refractivity contribution in [1.82, 2.24) is 4.90 Å². The molecule has 186 valence electrons. The molecule has 3 atom stereocenters. The van der Waals surface area contributed by atoms with Crippen molar-refractivity contribution in [2.45, 2.75) is 46.1 Å². The van der Waals surface area contributed by atoms with Crippen LogP contribution in [0.1, 0.15) is 45.6 Å². The van der Waals surface area contributed by atoms with Gasteiger partial charge in [0, 0.05) is 31.3 Å². The number of ether oxygens (including phenoxy) is 3. The molecule has 0 radical (unpaired) electrons. The number of amides is 1. The highest BCUT2D eigenvalue weighted by Crippen LogP contribution is 2.47. The zero-order valence-corrected chi connectivity index (χ0v) is 20.2. The number of aliphatic hydroxyl groups excluding tert-OH is 2. The molecule has 0 aromatic heterocycles. The van der Waals surface area contributed by atoms with Crippen LogP contribution in [0.15, 0.2) is 18.2 Å². The predicted molar refractivity (Wildman–Crippen MR) is 122 cm³/mol. The molecule has 0 saturated carbocycles. The van der Waals surface area contributed by atoms with Crippen molar-refractivity contribution in [3.05, 3.63) is 23.8 Å². The first-order chi connectivity index (χ1) is 15.5. The lowest BCUT2D eigenvalue weighted by atomic mass is 9.72. The summed E-state index contributed by atoms with van der Waals surface area (Å²) in [5.41, 5.74) is 0.503. The second-order valence-electron chi connectivity index (χ2n) is 9.23. The monoisotopic (exact) mass is 467 g/mol. The molecule has 2 aliphatic heterocycles. The third kappa shape index (κ3) is 6.16. The van der Waals surface area contributed by atoms with Crippen molar-refractivity contribution < 1.29 is 39.1 Å². The summed E-state index contributed by atoms with van der Waals surface area (Å²) < 4.78 is 17.0. The number of hydrogen-bond acceptors (Lipinski definition) is 7. The molecular formula is C24H37NO8. The number of benzene rings is 1. The molecule has 2 aliphatic rings. The normalized spacial score (nSPS) is 24.2. The summed E-state index contributed by atoms with van der Waals surface area (Å²) in [7, 11) is 1.61. The number of likely N-dealkylation sites (tertiary alicyclic amines) is 1.